The number of hydrogen-bond donors (Lipinski definition) is 0. The van der Waals surface area contributed by atoms with Crippen molar-refractivity contribution in [1.29, 1.82) is 0 Å². The number of rotatable bonds is 4. The van der Waals surface area contributed by atoms with Gasteiger partial charge in [-0.1, -0.05) is 6.07 Å². The second-order valence-electron chi connectivity index (χ2n) is 6.09. The number of aromatic nitrogens is 2. The van der Waals surface area contributed by atoms with Gasteiger partial charge in [0, 0.05) is 11.8 Å². The molecule has 0 aliphatic rings. The molecule has 0 bridgehead atoms. The van der Waals surface area contributed by atoms with Crippen molar-refractivity contribution in [2.24, 2.45) is 0 Å². The number of aryl methyl sites for hydroxylation is 1. The molecule has 0 aliphatic carbocycles. The Labute approximate surface area is 141 Å². The summed E-state index contributed by atoms with van der Waals surface area (Å²) in [7, 11) is 0. The fourth-order valence-corrected chi connectivity index (χ4v) is 2.93. The molecule has 2 aromatic heterocycles. The Kier molecular flexibility index (Phi) is 4.31. The summed E-state index contributed by atoms with van der Waals surface area (Å²) in [6, 6.07) is 12.1. The second kappa shape index (κ2) is 6.25. The van der Waals surface area contributed by atoms with E-state index in [0.29, 0.717) is 0 Å². The van der Waals surface area contributed by atoms with Crippen LogP contribution in [0.15, 0.2) is 42.6 Å². The van der Waals surface area contributed by atoms with E-state index in [-0.39, 0.29) is 11.5 Å². The first kappa shape index (κ1) is 15.9. The molecule has 0 fully saturated rings. The molecule has 23 heavy (non-hydrogen) atoms. The predicted octanol–water partition coefficient (Wildman–Crippen LogP) is 5.40. The largest absolute Gasteiger partial charge is 0.491 e. The van der Waals surface area contributed by atoms with Gasteiger partial charge in [-0.3, -0.25) is 0 Å². The van der Waals surface area contributed by atoms with E-state index in [4.69, 9.17) is 21.3 Å². The van der Waals surface area contributed by atoms with Crippen LogP contribution in [-0.2, 0) is 0 Å². The van der Waals surface area contributed by atoms with Gasteiger partial charge in [0.1, 0.15) is 11.4 Å². The highest BCUT2D eigenvalue weighted by atomic mass is 35.5. The molecule has 0 saturated carbocycles. The quantitative estimate of drug-likeness (QED) is 0.600. The summed E-state index contributed by atoms with van der Waals surface area (Å²) >= 11 is 6.45. The third kappa shape index (κ3) is 3.20. The van der Waals surface area contributed by atoms with Crippen LogP contribution in [0.4, 0.5) is 0 Å². The molecular formula is C19H21ClN2O. The summed E-state index contributed by atoms with van der Waals surface area (Å²) in [5.41, 5.74) is 5.08. The van der Waals surface area contributed by atoms with E-state index >= 15 is 0 Å². The van der Waals surface area contributed by atoms with Crippen molar-refractivity contribution in [3.63, 3.8) is 0 Å². The third-order valence-electron chi connectivity index (χ3n) is 3.68. The fourth-order valence-electron chi connectivity index (χ4n) is 2.73. The topological polar surface area (TPSA) is 26.5 Å². The van der Waals surface area contributed by atoms with Crippen LogP contribution < -0.4 is 4.74 Å². The molecule has 0 aliphatic heterocycles. The molecule has 0 saturated heterocycles. The standard InChI is InChI=1S/C19H21ClN2O/c1-12(2)23-16-8-6-15(7-9-16)18-19(14(4)20)22-11-13(3)5-10-17(22)21-18/h5-12,14H,1-4H3. The van der Waals surface area contributed by atoms with Gasteiger partial charge in [0.25, 0.3) is 0 Å². The molecule has 0 amide bonds. The minimum absolute atomic E-state index is 0.131. The van der Waals surface area contributed by atoms with Crippen LogP contribution in [0.2, 0.25) is 0 Å². The van der Waals surface area contributed by atoms with Crippen LogP contribution in [0.5, 0.6) is 5.75 Å². The van der Waals surface area contributed by atoms with Crippen LogP contribution in [-0.4, -0.2) is 15.5 Å². The number of hydrogen-bond acceptors (Lipinski definition) is 2. The summed E-state index contributed by atoms with van der Waals surface area (Å²) < 4.78 is 7.79. The Hall–Kier alpha value is -2.00. The van der Waals surface area contributed by atoms with E-state index in [2.05, 4.69) is 23.6 Å². The molecule has 2 heterocycles. The van der Waals surface area contributed by atoms with E-state index in [1.54, 1.807) is 0 Å². The predicted molar refractivity (Wildman–Crippen MR) is 95.4 cm³/mol. The summed E-state index contributed by atoms with van der Waals surface area (Å²) in [5, 5.41) is -0.131. The average Bonchev–Trinajstić information content (AvgIpc) is 2.86. The number of pyridine rings is 1. The molecule has 4 heteroatoms. The molecule has 120 valence electrons. The molecule has 3 rings (SSSR count). The average molecular weight is 329 g/mol. The number of fused-ring (bicyclic) bond motifs is 1. The number of imidazole rings is 1. The van der Waals surface area contributed by atoms with Crippen molar-refractivity contribution in [2.45, 2.75) is 39.2 Å². The molecular weight excluding hydrogens is 308 g/mol. The van der Waals surface area contributed by atoms with Crippen LogP contribution >= 0.6 is 11.6 Å². The Bertz CT molecular complexity index is 819. The van der Waals surface area contributed by atoms with Crippen molar-refractivity contribution in [1.82, 2.24) is 9.38 Å². The zero-order valence-corrected chi connectivity index (χ0v) is 14.6. The Balaban J connectivity index is 2.10. The molecule has 0 radical (unpaired) electrons. The Morgan fingerprint density at radius 1 is 1.04 bits per heavy atom. The minimum Gasteiger partial charge on any atom is -0.491 e. The van der Waals surface area contributed by atoms with Crippen LogP contribution in [0, 0.1) is 6.92 Å². The first-order valence-electron chi connectivity index (χ1n) is 7.85. The van der Waals surface area contributed by atoms with E-state index in [9.17, 15) is 0 Å². The number of nitrogens with zero attached hydrogens (tertiary/aromatic N) is 2. The SMILES string of the molecule is Cc1ccc2nc(-c3ccc(OC(C)C)cc3)c(C(C)Cl)n2c1. The molecule has 1 aromatic carbocycles. The van der Waals surface area contributed by atoms with Gasteiger partial charge >= 0.3 is 0 Å². The van der Waals surface area contributed by atoms with Gasteiger partial charge < -0.3 is 9.14 Å². The highest BCUT2D eigenvalue weighted by Crippen LogP contribution is 2.33. The summed E-state index contributed by atoms with van der Waals surface area (Å²) in [4.78, 5) is 4.77. The summed E-state index contributed by atoms with van der Waals surface area (Å²) in [6.07, 6.45) is 2.24. The monoisotopic (exact) mass is 328 g/mol. The normalized spacial score (nSPS) is 12.8. The lowest BCUT2D eigenvalue weighted by Gasteiger charge is -2.11. The maximum Gasteiger partial charge on any atom is 0.137 e. The number of alkyl halides is 1. The lowest BCUT2D eigenvalue weighted by atomic mass is 10.1. The highest BCUT2D eigenvalue weighted by Gasteiger charge is 2.18. The van der Waals surface area contributed by atoms with E-state index in [0.717, 1.165) is 28.3 Å². The van der Waals surface area contributed by atoms with Crippen molar-refractivity contribution in [2.75, 3.05) is 0 Å². The second-order valence-corrected chi connectivity index (χ2v) is 6.74. The van der Waals surface area contributed by atoms with E-state index in [1.807, 2.05) is 51.1 Å². The lowest BCUT2D eigenvalue weighted by molar-refractivity contribution is 0.242. The maximum atomic E-state index is 6.45. The fraction of sp³-hybridized carbons (Fsp3) is 0.316. The van der Waals surface area contributed by atoms with Crippen molar-refractivity contribution >= 4 is 17.2 Å². The van der Waals surface area contributed by atoms with Gasteiger partial charge in [-0.15, -0.1) is 11.6 Å². The molecule has 0 spiro atoms. The smallest absolute Gasteiger partial charge is 0.137 e. The van der Waals surface area contributed by atoms with Gasteiger partial charge in [-0.25, -0.2) is 4.98 Å². The van der Waals surface area contributed by atoms with E-state index in [1.165, 1.54) is 5.56 Å². The molecule has 1 unspecified atom stereocenters. The van der Waals surface area contributed by atoms with Crippen LogP contribution in [0.25, 0.3) is 16.9 Å². The van der Waals surface area contributed by atoms with Crippen LogP contribution in [0.1, 0.15) is 37.4 Å². The van der Waals surface area contributed by atoms with Crippen molar-refractivity contribution in [3.05, 3.63) is 53.9 Å². The number of benzene rings is 1. The summed E-state index contributed by atoms with van der Waals surface area (Å²) in [6.45, 7) is 8.09. The zero-order valence-electron chi connectivity index (χ0n) is 13.9. The van der Waals surface area contributed by atoms with Crippen molar-refractivity contribution < 1.29 is 4.74 Å². The third-order valence-corrected chi connectivity index (χ3v) is 3.89. The first-order chi connectivity index (χ1) is 11.0. The van der Waals surface area contributed by atoms with Gasteiger partial charge in [-0.2, -0.15) is 0 Å². The lowest BCUT2D eigenvalue weighted by Crippen LogP contribution is -2.05. The van der Waals surface area contributed by atoms with E-state index < -0.39 is 0 Å². The minimum atomic E-state index is -0.131. The van der Waals surface area contributed by atoms with Crippen LogP contribution in [0.3, 0.4) is 0 Å². The van der Waals surface area contributed by atoms with Gasteiger partial charge in [0.05, 0.1) is 22.9 Å². The Morgan fingerprint density at radius 2 is 1.74 bits per heavy atom. The summed E-state index contributed by atoms with van der Waals surface area (Å²) in [5.74, 6) is 0.865. The first-order valence-corrected chi connectivity index (χ1v) is 8.29. The molecule has 3 nitrogen and oxygen atoms in total. The number of halogens is 1. The zero-order chi connectivity index (χ0) is 16.6. The maximum absolute atomic E-state index is 6.45. The molecule has 0 N–H and O–H groups in total. The van der Waals surface area contributed by atoms with Gasteiger partial charge in [0.2, 0.25) is 0 Å². The van der Waals surface area contributed by atoms with Gasteiger partial charge in [0.15, 0.2) is 0 Å². The van der Waals surface area contributed by atoms with Crippen molar-refractivity contribution in [3.8, 4) is 17.0 Å². The number of ether oxygens (including phenoxy) is 1. The molecule has 1 atom stereocenters. The highest BCUT2D eigenvalue weighted by molar-refractivity contribution is 6.20. The molecule has 3 aromatic rings. The van der Waals surface area contributed by atoms with Gasteiger partial charge in [-0.05, 0) is 63.6 Å². The Morgan fingerprint density at radius 3 is 2.35 bits per heavy atom.